The minimum absolute atomic E-state index is 0.0939. The Kier molecular flexibility index (Phi) is 2.89. The molecule has 0 spiro atoms. The first-order valence-corrected chi connectivity index (χ1v) is 4.07. The molecular formula is C8H12N2O3. The molecule has 0 radical (unpaired) electrons. The number of hydrogen-bond donors (Lipinski definition) is 2. The highest BCUT2D eigenvalue weighted by Crippen LogP contribution is 1.94. The standard InChI is InChI=1S/C8H12N2O3/c1-6-5-10(8(13)9-6)4-2-3-7(11)12/h5H,2-4H2,1H3,(H,9,13)(H,11,12). The molecule has 13 heavy (non-hydrogen) atoms. The van der Waals surface area contributed by atoms with Crippen LogP contribution in [-0.4, -0.2) is 20.6 Å². The first kappa shape index (κ1) is 9.57. The number of H-pyrrole nitrogens is 1. The van der Waals surface area contributed by atoms with Crippen LogP contribution >= 0.6 is 0 Å². The van der Waals surface area contributed by atoms with Gasteiger partial charge in [-0.1, -0.05) is 0 Å². The van der Waals surface area contributed by atoms with E-state index >= 15 is 0 Å². The molecule has 2 N–H and O–H groups in total. The first-order chi connectivity index (χ1) is 6.09. The third-order valence-corrected chi connectivity index (χ3v) is 1.70. The Balaban J connectivity index is 2.50. The SMILES string of the molecule is Cc1cn(CCCC(=O)O)c(=O)[nH]1. The maximum Gasteiger partial charge on any atom is 0.325 e. The zero-order valence-electron chi connectivity index (χ0n) is 7.41. The lowest BCUT2D eigenvalue weighted by molar-refractivity contribution is -0.137. The maximum atomic E-state index is 11.1. The third-order valence-electron chi connectivity index (χ3n) is 1.70. The number of aromatic amines is 1. The van der Waals surface area contributed by atoms with Crippen LogP contribution in [0.2, 0.25) is 0 Å². The molecule has 5 nitrogen and oxygen atoms in total. The topological polar surface area (TPSA) is 75.1 Å². The fraction of sp³-hybridized carbons (Fsp3) is 0.500. The predicted octanol–water partition coefficient (Wildman–Crippen LogP) is 0.350. The molecule has 72 valence electrons. The van der Waals surface area contributed by atoms with Gasteiger partial charge < -0.3 is 10.1 Å². The van der Waals surface area contributed by atoms with Crippen LogP contribution in [0.15, 0.2) is 11.0 Å². The molecule has 0 atom stereocenters. The lowest BCUT2D eigenvalue weighted by atomic mass is 10.3. The van der Waals surface area contributed by atoms with Crippen molar-refractivity contribution in [2.45, 2.75) is 26.3 Å². The molecule has 1 aromatic rings. The smallest absolute Gasteiger partial charge is 0.325 e. The fourth-order valence-electron chi connectivity index (χ4n) is 1.13. The second-order valence-corrected chi connectivity index (χ2v) is 2.93. The second-order valence-electron chi connectivity index (χ2n) is 2.93. The van der Waals surface area contributed by atoms with Gasteiger partial charge >= 0.3 is 11.7 Å². The van der Waals surface area contributed by atoms with Crippen LogP contribution in [0.1, 0.15) is 18.5 Å². The number of imidazole rings is 1. The molecule has 0 aliphatic heterocycles. The van der Waals surface area contributed by atoms with Crippen molar-refractivity contribution in [2.24, 2.45) is 0 Å². The van der Waals surface area contributed by atoms with Gasteiger partial charge in [0.2, 0.25) is 0 Å². The van der Waals surface area contributed by atoms with E-state index in [1.165, 1.54) is 4.57 Å². The summed E-state index contributed by atoms with van der Waals surface area (Å²) in [7, 11) is 0. The minimum atomic E-state index is -0.833. The van der Waals surface area contributed by atoms with Crippen molar-refractivity contribution in [2.75, 3.05) is 0 Å². The summed E-state index contributed by atoms with van der Waals surface area (Å²) in [4.78, 5) is 23.9. The van der Waals surface area contributed by atoms with E-state index < -0.39 is 5.97 Å². The Labute approximate surface area is 75.0 Å². The Morgan fingerprint density at radius 3 is 2.85 bits per heavy atom. The van der Waals surface area contributed by atoms with Crippen molar-refractivity contribution in [3.8, 4) is 0 Å². The number of nitrogens with zero attached hydrogens (tertiary/aromatic N) is 1. The highest BCUT2D eigenvalue weighted by atomic mass is 16.4. The monoisotopic (exact) mass is 184 g/mol. The van der Waals surface area contributed by atoms with Gasteiger partial charge in [-0.05, 0) is 13.3 Å². The number of nitrogens with one attached hydrogen (secondary N) is 1. The van der Waals surface area contributed by atoms with Gasteiger partial charge in [-0.15, -0.1) is 0 Å². The predicted molar refractivity (Wildman–Crippen MR) is 46.7 cm³/mol. The van der Waals surface area contributed by atoms with E-state index in [0.29, 0.717) is 13.0 Å². The normalized spacial score (nSPS) is 10.2. The number of carboxylic acid groups (broad SMARTS) is 1. The van der Waals surface area contributed by atoms with E-state index in [4.69, 9.17) is 5.11 Å². The number of rotatable bonds is 4. The molecule has 0 saturated heterocycles. The highest BCUT2D eigenvalue weighted by molar-refractivity contribution is 5.66. The van der Waals surface area contributed by atoms with Gasteiger partial charge in [0.1, 0.15) is 0 Å². The lowest BCUT2D eigenvalue weighted by Gasteiger charge is -1.97. The first-order valence-electron chi connectivity index (χ1n) is 4.07. The van der Waals surface area contributed by atoms with Crippen LogP contribution in [0.3, 0.4) is 0 Å². The molecule has 0 amide bonds. The van der Waals surface area contributed by atoms with Gasteiger partial charge in [0.25, 0.3) is 0 Å². The number of carboxylic acids is 1. The van der Waals surface area contributed by atoms with Crippen molar-refractivity contribution in [1.29, 1.82) is 0 Å². The summed E-state index contributed by atoms with van der Waals surface area (Å²) in [6, 6.07) is 0. The quantitative estimate of drug-likeness (QED) is 0.709. The van der Waals surface area contributed by atoms with Crippen LogP contribution in [0.4, 0.5) is 0 Å². The molecule has 0 unspecified atom stereocenters. The molecule has 1 heterocycles. The van der Waals surface area contributed by atoms with E-state index in [1.54, 1.807) is 13.1 Å². The van der Waals surface area contributed by atoms with Crippen molar-refractivity contribution < 1.29 is 9.90 Å². The molecule has 0 aromatic carbocycles. The Bertz CT molecular complexity index is 351. The summed E-state index contributed by atoms with van der Waals surface area (Å²) in [5, 5.41) is 8.37. The summed E-state index contributed by atoms with van der Waals surface area (Å²) in [5.74, 6) is -0.833. The number of aromatic nitrogens is 2. The van der Waals surface area contributed by atoms with Gasteiger partial charge in [0, 0.05) is 24.9 Å². The average Bonchev–Trinajstić information content (AvgIpc) is 2.29. The zero-order valence-corrected chi connectivity index (χ0v) is 7.41. The van der Waals surface area contributed by atoms with E-state index in [1.807, 2.05) is 0 Å². The van der Waals surface area contributed by atoms with E-state index in [2.05, 4.69) is 4.98 Å². The van der Waals surface area contributed by atoms with Crippen molar-refractivity contribution in [1.82, 2.24) is 9.55 Å². The summed E-state index contributed by atoms with van der Waals surface area (Å²) in [5.41, 5.74) is 0.614. The largest absolute Gasteiger partial charge is 0.481 e. The highest BCUT2D eigenvalue weighted by Gasteiger charge is 2.00. The molecule has 0 aliphatic rings. The summed E-state index contributed by atoms with van der Waals surface area (Å²) in [6.45, 7) is 2.24. The Hall–Kier alpha value is -1.52. The van der Waals surface area contributed by atoms with Gasteiger partial charge in [-0.25, -0.2) is 4.79 Å². The lowest BCUT2D eigenvalue weighted by Crippen LogP contribution is -2.16. The van der Waals surface area contributed by atoms with Crippen LogP contribution in [0.5, 0.6) is 0 Å². The van der Waals surface area contributed by atoms with Crippen LogP contribution in [0, 0.1) is 6.92 Å². The van der Waals surface area contributed by atoms with E-state index in [-0.39, 0.29) is 12.1 Å². The van der Waals surface area contributed by atoms with Gasteiger partial charge in [0.15, 0.2) is 0 Å². The second kappa shape index (κ2) is 3.93. The molecule has 1 rings (SSSR count). The van der Waals surface area contributed by atoms with Gasteiger partial charge in [0.05, 0.1) is 0 Å². The van der Waals surface area contributed by atoms with Crippen molar-refractivity contribution in [3.63, 3.8) is 0 Å². The number of aliphatic carboxylic acids is 1. The molecule has 0 saturated carbocycles. The van der Waals surface area contributed by atoms with Crippen molar-refractivity contribution >= 4 is 5.97 Å². The fourth-order valence-corrected chi connectivity index (χ4v) is 1.13. The molecule has 1 aromatic heterocycles. The summed E-state index contributed by atoms with van der Waals surface area (Å²) >= 11 is 0. The molecule has 0 bridgehead atoms. The van der Waals surface area contributed by atoms with Crippen LogP contribution < -0.4 is 5.69 Å². The summed E-state index contributed by atoms with van der Waals surface area (Å²) in [6.07, 6.45) is 2.26. The van der Waals surface area contributed by atoms with Crippen LogP contribution in [0.25, 0.3) is 0 Å². The van der Waals surface area contributed by atoms with Gasteiger partial charge in [-0.3, -0.25) is 9.36 Å². The Morgan fingerprint density at radius 1 is 1.69 bits per heavy atom. The number of aryl methyl sites for hydroxylation is 2. The van der Waals surface area contributed by atoms with Gasteiger partial charge in [-0.2, -0.15) is 0 Å². The van der Waals surface area contributed by atoms with E-state index in [9.17, 15) is 9.59 Å². The minimum Gasteiger partial charge on any atom is -0.481 e. The third kappa shape index (κ3) is 2.77. The van der Waals surface area contributed by atoms with Crippen LogP contribution in [-0.2, 0) is 11.3 Å². The molecule has 0 fully saturated rings. The van der Waals surface area contributed by atoms with E-state index in [0.717, 1.165) is 5.69 Å². The van der Waals surface area contributed by atoms with Crippen molar-refractivity contribution in [3.05, 3.63) is 22.4 Å². The molecule has 0 aliphatic carbocycles. The number of carbonyl (C=O) groups is 1. The average molecular weight is 184 g/mol. The number of hydrogen-bond acceptors (Lipinski definition) is 2. The zero-order chi connectivity index (χ0) is 9.84. The Morgan fingerprint density at radius 2 is 2.38 bits per heavy atom. The molecular weight excluding hydrogens is 172 g/mol. The molecule has 5 heteroatoms. The summed E-state index contributed by atoms with van der Waals surface area (Å²) < 4.78 is 1.48. The maximum absolute atomic E-state index is 11.1.